The Morgan fingerprint density at radius 2 is 1.96 bits per heavy atom. The number of likely N-dealkylation sites (tertiary alicyclic amines) is 2. The zero-order valence-electron chi connectivity index (χ0n) is 16.2. The van der Waals surface area contributed by atoms with E-state index in [1.807, 2.05) is 9.80 Å². The third-order valence-corrected chi connectivity index (χ3v) is 5.78. The molecule has 2 fully saturated rings. The van der Waals surface area contributed by atoms with Gasteiger partial charge in [0.05, 0.1) is 6.61 Å². The first kappa shape index (κ1) is 19.5. The molecule has 2 heterocycles. The van der Waals surface area contributed by atoms with E-state index in [1.165, 1.54) is 6.92 Å². The molecule has 2 aliphatic rings. The van der Waals surface area contributed by atoms with E-state index < -0.39 is 0 Å². The molecule has 0 unspecified atom stereocenters. The molecule has 2 aliphatic heterocycles. The molecule has 0 saturated carbocycles. The summed E-state index contributed by atoms with van der Waals surface area (Å²) in [7, 11) is 1.64. The lowest BCUT2D eigenvalue weighted by atomic mass is 9.73. The van der Waals surface area contributed by atoms with Crippen molar-refractivity contribution in [2.45, 2.75) is 32.6 Å². The number of rotatable bonds is 5. The van der Waals surface area contributed by atoms with Gasteiger partial charge in [-0.2, -0.15) is 0 Å². The molecular weight excluding hydrogens is 344 g/mol. The van der Waals surface area contributed by atoms with Crippen molar-refractivity contribution in [3.05, 3.63) is 35.4 Å². The number of methoxy groups -OCH3 is 1. The predicted molar refractivity (Wildman–Crippen MR) is 102 cm³/mol. The lowest BCUT2D eigenvalue weighted by Gasteiger charge is -2.48. The van der Waals surface area contributed by atoms with E-state index >= 15 is 0 Å². The van der Waals surface area contributed by atoms with Crippen molar-refractivity contribution in [1.29, 1.82) is 0 Å². The minimum absolute atomic E-state index is 0.0301. The number of nitrogens with zero attached hydrogens (tertiary/aromatic N) is 2. The molecule has 0 radical (unpaired) electrons. The summed E-state index contributed by atoms with van der Waals surface area (Å²) in [5.41, 5.74) is 1.08. The van der Waals surface area contributed by atoms with Crippen molar-refractivity contribution in [1.82, 2.24) is 9.80 Å². The summed E-state index contributed by atoms with van der Waals surface area (Å²) in [4.78, 5) is 40.7. The van der Waals surface area contributed by atoms with Crippen LogP contribution in [-0.2, 0) is 9.53 Å². The number of piperidine rings is 2. The Bertz CT molecular complexity index is 733. The van der Waals surface area contributed by atoms with Gasteiger partial charge in [-0.05, 0) is 38.3 Å². The highest BCUT2D eigenvalue weighted by molar-refractivity contribution is 5.99. The highest BCUT2D eigenvalue weighted by atomic mass is 16.5. The van der Waals surface area contributed by atoms with E-state index in [4.69, 9.17) is 4.74 Å². The second kappa shape index (κ2) is 8.21. The van der Waals surface area contributed by atoms with Gasteiger partial charge in [0.1, 0.15) is 0 Å². The Morgan fingerprint density at radius 1 is 1.19 bits per heavy atom. The number of amides is 2. The van der Waals surface area contributed by atoms with Crippen molar-refractivity contribution in [3.8, 4) is 0 Å². The standard InChI is InChI=1S/C21H28N2O4/c1-16(24)17-5-3-6-18(13-17)20(26)23-10-4-8-21(15-23)9-7-19(25)22(14-21)11-12-27-2/h3,5-6,13H,4,7-12,14-15H2,1-2H3/t21-/m1/s1. The molecule has 2 amide bonds. The molecule has 1 spiro atoms. The molecule has 1 atom stereocenters. The molecule has 3 rings (SSSR count). The van der Waals surface area contributed by atoms with Crippen LogP contribution in [-0.4, -0.2) is 67.3 Å². The normalized spacial score (nSPS) is 23.0. The summed E-state index contributed by atoms with van der Waals surface area (Å²) in [5, 5.41) is 0. The first-order valence-electron chi connectivity index (χ1n) is 9.61. The highest BCUT2D eigenvalue weighted by Gasteiger charge is 2.42. The third-order valence-electron chi connectivity index (χ3n) is 5.78. The maximum atomic E-state index is 13.0. The monoisotopic (exact) mass is 372 g/mol. The fourth-order valence-electron chi connectivity index (χ4n) is 4.28. The smallest absolute Gasteiger partial charge is 0.253 e. The second-order valence-electron chi connectivity index (χ2n) is 7.78. The number of benzene rings is 1. The summed E-state index contributed by atoms with van der Waals surface area (Å²) >= 11 is 0. The molecule has 6 heteroatoms. The minimum atomic E-state index is -0.0423. The van der Waals surface area contributed by atoms with Gasteiger partial charge in [-0.15, -0.1) is 0 Å². The number of Topliss-reactive ketones (excluding diaryl/α,β-unsaturated/α-hetero) is 1. The van der Waals surface area contributed by atoms with Crippen molar-refractivity contribution in [2.75, 3.05) is 39.9 Å². The van der Waals surface area contributed by atoms with E-state index in [2.05, 4.69) is 0 Å². The maximum absolute atomic E-state index is 13.0. The van der Waals surface area contributed by atoms with Crippen LogP contribution in [0.15, 0.2) is 24.3 Å². The SMILES string of the molecule is COCCN1C[C@@]2(CCCN(C(=O)c3cccc(C(C)=O)c3)C2)CCC1=O. The lowest BCUT2D eigenvalue weighted by molar-refractivity contribution is -0.139. The van der Waals surface area contributed by atoms with Crippen molar-refractivity contribution in [3.63, 3.8) is 0 Å². The van der Waals surface area contributed by atoms with Crippen LogP contribution in [0.1, 0.15) is 53.3 Å². The maximum Gasteiger partial charge on any atom is 0.253 e. The van der Waals surface area contributed by atoms with Crippen LogP contribution in [0, 0.1) is 5.41 Å². The molecule has 6 nitrogen and oxygen atoms in total. The minimum Gasteiger partial charge on any atom is -0.383 e. The molecular formula is C21H28N2O4. The molecule has 0 aromatic heterocycles. The van der Waals surface area contributed by atoms with Crippen LogP contribution in [0.3, 0.4) is 0 Å². The van der Waals surface area contributed by atoms with Gasteiger partial charge in [-0.3, -0.25) is 14.4 Å². The Morgan fingerprint density at radius 3 is 2.70 bits per heavy atom. The van der Waals surface area contributed by atoms with Gasteiger partial charge in [0.2, 0.25) is 5.91 Å². The number of carbonyl (C=O) groups excluding carboxylic acids is 3. The van der Waals surface area contributed by atoms with E-state index in [9.17, 15) is 14.4 Å². The van der Waals surface area contributed by atoms with Gasteiger partial charge in [-0.1, -0.05) is 12.1 Å². The number of hydrogen-bond donors (Lipinski definition) is 0. The van der Waals surface area contributed by atoms with Crippen LogP contribution < -0.4 is 0 Å². The molecule has 146 valence electrons. The number of ether oxygens (including phenoxy) is 1. The average Bonchev–Trinajstić information content (AvgIpc) is 2.68. The van der Waals surface area contributed by atoms with Gasteiger partial charge in [0.15, 0.2) is 5.78 Å². The van der Waals surface area contributed by atoms with Crippen LogP contribution >= 0.6 is 0 Å². The van der Waals surface area contributed by atoms with Crippen molar-refractivity contribution < 1.29 is 19.1 Å². The van der Waals surface area contributed by atoms with Crippen molar-refractivity contribution >= 4 is 17.6 Å². The van der Waals surface area contributed by atoms with E-state index in [-0.39, 0.29) is 23.0 Å². The largest absolute Gasteiger partial charge is 0.383 e. The Labute approximate surface area is 160 Å². The fraction of sp³-hybridized carbons (Fsp3) is 0.571. The van der Waals surface area contributed by atoms with E-state index in [0.717, 1.165) is 25.8 Å². The quantitative estimate of drug-likeness (QED) is 0.745. The van der Waals surface area contributed by atoms with Crippen molar-refractivity contribution in [2.24, 2.45) is 5.41 Å². The summed E-state index contributed by atoms with van der Waals surface area (Å²) in [5.74, 6) is 0.104. The van der Waals surface area contributed by atoms with Gasteiger partial charge >= 0.3 is 0 Å². The van der Waals surface area contributed by atoms with Crippen LogP contribution in [0.4, 0.5) is 0 Å². The molecule has 0 N–H and O–H groups in total. The van der Waals surface area contributed by atoms with Gasteiger partial charge in [0.25, 0.3) is 5.91 Å². The Kier molecular flexibility index (Phi) is 5.95. The molecule has 2 saturated heterocycles. The highest BCUT2D eigenvalue weighted by Crippen LogP contribution is 2.39. The summed E-state index contributed by atoms with van der Waals surface area (Å²) in [6, 6.07) is 6.94. The van der Waals surface area contributed by atoms with Gasteiger partial charge < -0.3 is 14.5 Å². The number of ketones is 1. The number of hydrogen-bond acceptors (Lipinski definition) is 4. The van der Waals surface area contributed by atoms with Crippen LogP contribution in [0.25, 0.3) is 0 Å². The lowest BCUT2D eigenvalue weighted by Crippen LogP contribution is -2.55. The first-order valence-corrected chi connectivity index (χ1v) is 9.61. The third kappa shape index (κ3) is 4.38. The predicted octanol–water partition coefficient (Wildman–Crippen LogP) is 2.38. The second-order valence-corrected chi connectivity index (χ2v) is 7.78. The summed E-state index contributed by atoms with van der Waals surface area (Å²) in [6.07, 6.45) is 3.32. The molecule has 1 aromatic rings. The van der Waals surface area contributed by atoms with Gasteiger partial charge in [-0.25, -0.2) is 0 Å². The summed E-state index contributed by atoms with van der Waals surface area (Å²) in [6.45, 7) is 4.71. The fourth-order valence-corrected chi connectivity index (χ4v) is 4.28. The topological polar surface area (TPSA) is 66.9 Å². The molecule has 1 aromatic carbocycles. The molecule has 0 aliphatic carbocycles. The zero-order chi connectivity index (χ0) is 19.4. The first-order chi connectivity index (χ1) is 12.9. The Hall–Kier alpha value is -2.21. The van der Waals surface area contributed by atoms with Gasteiger partial charge in [0, 0.05) is 56.3 Å². The van der Waals surface area contributed by atoms with E-state index in [0.29, 0.717) is 43.8 Å². The summed E-state index contributed by atoms with van der Waals surface area (Å²) < 4.78 is 5.13. The van der Waals surface area contributed by atoms with Crippen LogP contribution in [0.5, 0.6) is 0 Å². The molecule has 0 bridgehead atoms. The van der Waals surface area contributed by atoms with E-state index in [1.54, 1.807) is 31.4 Å². The van der Waals surface area contributed by atoms with Crippen LogP contribution in [0.2, 0.25) is 0 Å². The molecule has 27 heavy (non-hydrogen) atoms. The average molecular weight is 372 g/mol. The zero-order valence-corrected chi connectivity index (χ0v) is 16.2. The Balaban J connectivity index is 1.73. The number of carbonyl (C=O) groups is 3.